The van der Waals surface area contributed by atoms with E-state index in [4.69, 9.17) is 0 Å². The van der Waals surface area contributed by atoms with Gasteiger partial charge in [-0.2, -0.15) is 0 Å². The molecule has 1 aliphatic carbocycles. The fourth-order valence-corrected chi connectivity index (χ4v) is 3.89. The molecule has 1 aliphatic rings. The molecule has 0 aliphatic heterocycles. The van der Waals surface area contributed by atoms with Crippen molar-refractivity contribution in [1.29, 1.82) is 0 Å². The molecule has 0 atom stereocenters. The minimum atomic E-state index is -0.280. The molecular weight excluding hydrogens is 302 g/mol. The van der Waals surface area contributed by atoms with Gasteiger partial charge in [-0.3, -0.25) is 10.1 Å². The van der Waals surface area contributed by atoms with Crippen LogP contribution in [0.2, 0.25) is 0 Å². The molecule has 3 rings (SSSR count). The van der Waals surface area contributed by atoms with Gasteiger partial charge in [0.15, 0.2) is 0 Å². The van der Waals surface area contributed by atoms with Crippen LogP contribution in [0.4, 0.5) is 5.69 Å². The van der Waals surface area contributed by atoms with Crippen molar-refractivity contribution in [2.75, 3.05) is 20.6 Å². The number of fused-ring (bicyclic) bond motifs is 3. The largest absolute Gasteiger partial charge is 0.344 e. The number of nitrogens with zero attached hydrogens (tertiary/aromatic N) is 3. The number of rotatable bonds is 5. The molecule has 2 aromatic rings. The molecule has 0 radical (unpaired) electrons. The number of hydrogen-bond donors (Lipinski definition) is 0. The molecule has 1 heterocycles. The zero-order valence-electron chi connectivity index (χ0n) is 14.8. The third kappa shape index (κ3) is 3.46. The second-order valence-electron chi connectivity index (χ2n) is 7.11. The van der Waals surface area contributed by atoms with Crippen LogP contribution in [0.25, 0.3) is 10.9 Å². The summed E-state index contributed by atoms with van der Waals surface area (Å²) in [5.41, 5.74) is 4.16. The highest BCUT2D eigenvalue weighted by molar-refractivity contribution is 5.87. The molecule has 1 aromatic heterocycles. The van der Waals surface area contributed by atoms with Gasteiger partial charge in [-0.05, 0) is 64.4 Å². The standard InChI is InChI=1S/C19H27N3O2/c1-20(2)12-7-13-21-18-9-6-4-3-5-8-16(18)17-14-15(22(23)24)10-11-19(17)21/h10-11,14H,3-9,12-13H2,1-2H3. The summed E-state index contributed by atoms with van der Waals surface area (Å²) in [4.78, 5) is 13.1. The third-order valence-electron chi connectivity index (χ3n) is 5.06. The molecule has 0 saturated carbocycles. The number of aryl methyl sites for hydroxylation is 2. The van der Waals surface area contributed by atoms with Crippen LogP contribution < -0.4 is 0 Å². The zero-order valence-corrected chi connectivity index (χ0v) is 14.8. The highest BCUT2D eigenvalue weighted by Gasteiger charge is 2.20. The van der Waals surface area contributed by atoms with Crippen molar-refractivity contribution in [2.24, 2.45) is 0 Å². The van der Waals surface area contributed by atoms with Crippen molar-refractivity contribution in [3.63, 3.8) is 0 Å². The molecule has 5 nitrogen and oxygen atoms in total. The molecular formula is C19H27N3O2. The maximum atomic E-state index is 11.2. The number of aromatic nitrogens is 1. The molecule has 0 bridgehead atoms. The van der Waals surface area contributed by atoms with Gasteiger partial charge >= 0.3 is 0 Å². The van der Waals surface area contributed by atoms with Gasteiger partial charge in [0.2, 0.25) is 0 Å². The Morgan fingerprint density at radius 2 is 1.92 bits per heavy atom. The second-order valence-corrected chi connectivity index (χ2v) is 7.11. The van der Waals surface area contributed by atoms with Crippen LogP contribution in [0.15, 0.2) is 18.2 Å². The Bertz CT molecular complexity index is 734. The van der Waals surface area contributed by atoms with Gasteiger partial charge < -0.3 is 9.47 Å². The summed E-state index contributed by atoms with van der Waals surface area (Å²) in [5, 5.41) is 12.3. The van der Waals surface area contributed by atoms with Crippen molar-refractivity contribution in [3.05, 3.63) is 39.6 Å². The molecule has 0 saturated heterocycles. The summed E-state index contributed by atoms with van der Waals surface area (Å²) in [7, 11) is 4.20. The first-order chi connectivity index (χ1) is 11.6. The Kier molecular flexibility index (Phi) is 5.19. The maximum Gasteiger partial charge on any atom is 0.270 e. The summed E-state index contributed by atoms with van der Waals surface area (Å²) in [6.45, 7) is 2.04. The van der Waals surface area contributed by atoms with Gasteiger partial charge in [0.05, 0.1) is 4.92 Å². The van der Waals surface area contributed by atoms with Crippen molar-refractivity contribution in [1.82, 2.24) is 9.47 Å². The second kappa shape index (κ2) is 7.34. The monoisotopic (exact) mass is 329 g/mol. The van der Waals surface area contributed by atoms with Crippen molar-refractivity contribution in [2.45, 2.75) is 51.5 Å². The van der Waals surface area contributed by atoms with E-state index in [9.17, 15) is 10.1 Å². The molecule has 24 heavy (non-hydrogen) atoms. The van der Waals surface area contributed by atoms with Crippen LogP contribution >= 0.6 is 0 Å². The van der Waals surface area contributed by atoms with Crippen molar-refractivity contribution in [3.8, 4) is 0 Å². The summed E-state index contributed by atoms with van der Waals surface area (Å²) in [6, 6.07) is 5.39. The van der Waals surface area contributed by atoms with Crippen LogP contribution in [0.3, 0.4) is 0 Å². The summed E-state index contributed by atoms with van der Waals surface area (Å²) >= 11 is 0. The van der Waals surface area contributed by atoms with Crippen molar-refractivity contribution < 1.29 is 4.92 Å². The van der Waals surface area contributed by atoms with E-state index in [1.807, 2.05) is 6.07 Å². The van der Waals surface area contributed by atoms with Gasteiger partial charge in [0, 0.05) is 35.3 Å². The fraction of sp³-hybridized carbons (Fsp3) is 0.579. The molecule has 0 amide bonds. The Hall–Kier alpha value is -1.88. The van der Waals surface area contributed by atoms with E-state index >= 15 is 0 Å². The first-order valence-electron chi connectivity index (χ1n) is 9.01. The predicted molar refractivity (Wildman–Crippen MR) is 97.6 cm³/mol. The number of nitro groups is 1. The molecule has 5 heteroatoms. The lowest BCUT2D eigenvalue weighted by Crippen LogP contribution is -2.16. The van der Waals surface area contributed by atoms with Crippen LogP contribution in [0, 0.1) is 10.1 Å². The number of non-ortho nitro benzene ring substituents is 1. The molecule has 0 fully saturated rings. The van der Waals surface area contributed by atoms with E-state index in [1.165, 1.54) is 42.5 Å². The van der Waals surface area contributed by atoms with Crippen LogP contribution in [0.1, 0.15) is 43.4 Å². The third-order valence-corrected chi connectivity index (χ3v) is 5.06. The maximum absolute atomic E-state index is 11.2. The highest BCUT2D eigenvalue weighted by Crippen LogP contribution is 2.33. The van der Waals surface area contributed by atoms with Gasteiger partial charge in [-0.1, -0.05) is 12.8 Å². The Morgan fingerprint density at radius 3 is 2.62 bits per heavy atom. The normalized spacial score (nSPS) is 15.3. The van der Waals surface area contributed by atoms with E-state index in [0.717, 1.165) is 37.7 Å². The quantitative estimate of drug-likeness (QED) is 0.611. The molecule has 0 N–H and O–H groups in total. The van der Waals surface area contributed by atoms with E-state index < -0.39 is 0 Å². The first-order valence-corrected chi connectivity index (χ1v) is 9.01. The van der Waals surface area contributed by atoms with E-state index in [1.54, 1.807) is 12.1 Å². The molecule has 1 aromatic carbocycles. The Balaban J connectivity index is 2.06. The van der Waals surface area contributed by atoms with Gasteiger partial charge in [-0.15, -0.1) is 0 Å². The molecule has 0 spiro atoms. The minimum Gasteiger partial charge on any atom is -0.344 e. The number of nitro benzene ring substituents is 1. The summed E-state index contributed by atoms with van der Waals surface area (Å²) < 4.78 is 2.43. The number of benzene rings is 1. The minimum absolute atomic E-state index is 0.206. The van der Waals surface area contributed by atoms with E-state index in [2.05, 4.69) is 23.6 Å². The molecule has 0 unspecified atom stereocenters. The van der Waals surface area contributed by atoms with E-state index in [-0.39, 0.29) is 10.6 Å². The lowest BCUT2D eigenvalue weighted by atomic mass is 9.96. The molecule has 130 valence electrons. The van der Waals surface area contributed by atoms with Gasteiger partial charge in [-0.25, -0.2) is 0 Å². The summed E-state index contributed by atoms with van der Waals surface area (Å²) in [6.07, 6.45) is 8.21. The average Bonchev–Trinajstić information content (AvgIpc) is 2.78. The van der Waals surface area contributed by atoms with Crippen LogP contribution in [-0.2, 0) is 19.4 Å². The smallest absolute Gasteiger partial charge is 0.270 e. The highest BCUT2D eigenvalue weighted by atomic mass is 16.6. The lowest BCUT2D eigenvalue weighted by molar-refractivity contribution is -0.384. The van der Waals surface area contributed by atoms with Gasteiger partial charge in [0.1, 0.15) is 0 Å². The predicted octanol–water partition coefficient (Wildman–Crippen LogP) is 4.16. The fourth-order valence-electron chi connectivity index (χ4n) is 3.89. The lowest BCUT2D eigenvalue weighted by Gasteiger charge is -2.16. The topological polar surface area (TPSA) is 51.3 Å². The number of hydrogen-bond acceptors (Lipinski definition) is 3. The van der Waals surface area contributed by atoms with Gasteiger partial charge in [0.25, 0.3) is 5.69 Å². The Labute approximate surface area is 143 Å². The SMILES string of the molecule is CN(C)CCCn1c2c(c3cc([N+](=O)[O-])ccc31)CCCCCC2. The Morgan fingerprint density at radius 1 is 1.17 bits per heavy atom. The summed E-state index contributed by atoms with van der Waals surface area (Å²) in [5.74, 6) is 0. The van der Waals surface area contributed by atoms with Crippen molar-refractivity contribution >= 4 is 16.6 Å². The van der Waals surface area contributed by atoms with Crippen LogP contribution in [-0.4, -0.2) is 35.0 Å². The zero-order chi connectivity index (χ0) is 17.1. The van der Waals surface area contributed by atoms with E-state index in [0.29, 0.717) is 0 Å². The average molecular weight is 329 g/mol. The van der Waals surface area contributed by atoms with Crippen LogP contribution in [0.5, 0.6) is 0 Å². The first kappa shape index (κ1) is 17.0.